The number of ether oxygens (including phenoxy) is 1. The molecule has 230 valence electrons. The highest BCUT2D eigenvalue weighted by Gasteiger charge is 2.15. The average molecular weight is 589 g/mol. The molecule has 7 nitrogen and oxygen atoms in total. The molecule has 2 aromatic carbocycles. The van der Waals surface area contributed by atoms with Gasteiger partial charge in [-0.05, 0) is 80.3 Å². The molecule has 1 amide bonds. The first-order chi connectivity index (χ1) is 21.0. The van der Waals surface area contributed by atoms with Crippen LogP contribution in [-0.2, 0) is 22.5 Å². The van der Waals surface area contributed by atoms with Crippen LogP contribution in [-0.4, -0.2) is 65.4 Å². The Morgan fingerprint density at radius 3 is 2.49 bits per heavy atom. The number of hydrogen-bond acceptors (Lipinski definition) is 5. The summed E-state index contributed by atoms with van der Waals surface area (Å²) in [5, 5.41) is 12.9. The third kappa shape index (κ3) is 9.37. The van der Waals surface area contributed by atoms with Gasteiger partial charge in [0.25, 0.3) is 0 Å². The molecule has 0 bridgehead atoms. The number of para-hydroxylation sites is 1. The van der Waals surface area contributed by atoms with Gasteiger partial charge >= 0.3 is 0 Å². The van der Waals surface area contributed by atoms with Crippen LogP contribution in [0.15, 0.2) is 67.0 Å². The number of carbonyl (C=O) groups is 1. The Balaban J connectivity index is 0.000000225. The van der Waals surface area contributed by atoms with Crippen LogP contribution in [0.25, 0.3) is 22.0 Å². The van der Waals surface area contributed by atoms with Crippen molar-refractivity contribution in [3.63, 3.8) is 0 Å². The summed E-state index contributed by atoms with van der Waals surface area (Å²) in [6.07, 6.45) is 10.8. The van der Waals surface area contributed by atoms with Crippen LogP contribution in [0.2, 0.25) is 0 Å². The number of aromatic nitrogens is 2. The number of aliphatic hydroxyl groups excluding tert-OH is 1. The smallest absolute Gasteiger partial charge is 0.222 e. The summed E-state index contributed by atoms with van der Waals surface area (Å²) in [5.74, 6) is 0.929. The van der Waals surface area contributed by atoms with Gasteiger partial charge in [0.05, 0.1) is 12.1 Å². The fourth-order valence-corrected chi connectivity index (χ4v) is 5.51. The van der Waals surface area contributed by atoms with Gasteiger partial charge in [0.15, 0.2) is 0 Å². The highest BCUT2D eigenvalue weighted by atomic mass is 19.1. The number of anilines is 1. The van der Waals surface area contributed by atoms with Crippen molar-refractivity contribution in [2.75, 3.05) is 45.3 Å². The van der Waals surface area contributed by atoms with Crippen LogP contribution in [0.5, 0.6) is 0 Å². The Morgan fingerprint density at radius 2 is 1.79 bits per heavy atom. The van der Waals surface area contributed by atoms with E-state index in [-0.39, 0.29) is 12.4 Å². The molecule has 0 saturated carbocycles. The van der Waals surface area contributed by atoms with Crippen molar-refractivity contribution < 1.29 is 19.0 Å². The molecule has 0 unspecified atom stereocenters. The molecule has 4 aromatic rings. The highest BCUT2D eigenvalue weighted by Crippen LogP contribution is 2.24. The predicted octanol–water partition coefficient (Wildman–Crippen LogP) is 6.61. The second-order valence-electron chi connectivity index (χ2n) is 11.1. The van der Waals surface area contributed by atoms with Gasteiger partial charge < -0.3 is 24.6 Å². The van der Waals surface area contributed by atoms with Gasteiger partial charge in [-0.3, -0.25) is 4.79 Å². The molecule has 1 aliphatic heterocycles. The maximum atomic E-state index is 13.7. The zero-order valence-electron chi connectivity index (χ0n) is 25.5. The van der Waals surface area contributed by atoms with Crippen LogP contribution >= 0.6 is 0 Å². The van der Waals surface area contributed by atoms with Gasteiger partial charge in [-0.1, -0.05) is 36.4 Å². The minimum absolute atomic E-state index is 0.0918. The van der Waals surface area contributed by atoms with E-state index in [1.807, 2.05) is 47.0 Å². The minimum atomic E-state index is -0.150. The Morgan fingerprint density at radius 1 is 1.02 bits per heavy atom. The fourth-order valence-electron chi connectivity index (χ4n) is 5.51. The highest BCUT2D eigenvalue weighted by molar-refractivity contribution is 5.84. The largest absolute Gasteiger partial charge is 0.395 e. The molecule has 43 heavy (non-hydrogen) atoms. The number of rotatable bonds is 12. The number of nitrogens with one attached hydrogen (secondary N) is 1. The van der Waals surface area contributed by atoms with E-state index < -0.39 is 0 Å². The number of methoxy groups -OCH3 is 1. The van der Waals surface area contributed by atoms with Crippen molar-refractivity contribution in [1.29, 1.82) is 0 Å². The number of hydrogen-bond donors (Lipinski definition) is 2. The van der Waals surface area contributed by atoms with Gasteiger partial charge in [0, 0.05) is 69.7 Å². The van der Waals surface area contributed by atoms with E-state index in [0.717, 1.165) is 79.6 Å². The molecule has 2 aromatic heterocycles. The van der Waals surface area contributed by atoms with Crippen molar-refractivity contribution in [3.05, 3.63) is 83.9 Å². The molecule has 8 heteroatoms. The number of amides is 1. The Bertz CT molecular complexity index is 1410. The number of benzene rings is 2. The van der Waals surface area contributed by atoms with Gasteiger partial charge in [-0.25, -0.2) is 9.37 Å². The quantitative estimate of drug-likeness (QED) is 0.182. The van der Waals surface area contributed by atoms with Gasteiger partial charge in [-0.2, -0.15) is 0 Å². The summed E-state index contributed by atoms with van der Waals surface area (Å²) < 4.78 is 20.7. The fraction of sp³-hybridized carbons (Fsp3) is 0.429. The van der Waals surface area contributed by atoms with Crippen LogP contribution in [0.1, 0.15) is 49.7 Å². The van der Waals surface area contributed by atoms with Crippen LogP contribution in [0.4, 0.5) is 10.2 Å². The second-order valence-corrected chi connectivity index (χ2v) is 11.1. The molecule has 2 N–H and O–H groups in total. The van der Waals surface area contributed by atoms with Crippen molar-refractivity contribution >= 4 is 22.6 Å². The molecular weight excluding hydrogens is 543 g/mol. The average Bonchev–Trinajstić information content (AvgIpc) is 3.37. The van der Waals surface area contributed by atoms with Gasteiger partial charge in [0.2, 0.25) is 5.91 Å². The summed E-state index contributed by atoms with van der Waals surface area (Å²) in [5.41, 5.74) is 5.28. The molecular formula is C35H45FN4O3. The summed E-state index contributed by atoms with van der Waals surface area (Å²) in [6, 6.07) is 17.7. The number of pyridine rings is 1. The number of halogens is 1. The standard InChI is InChI=1S/C22H29N3O2.C13H16FNO/c26-16-13-23-21-12-11-20(17-24-21)19-9-7-18(8-10-19)5-4-6-22(27)25-14-2-1-3-15-25;1-10-9-15(7-4-8-16-2)13-11(10)5-3-6-12(13)14/h7-12,17,26H,1-6,13-16H2,(H,23,24);3,5-6,9H,4,7-8H2,1-2H3. The van der Waals surface area contributed by atoms with Crippen molar-refractivity contribution in [1.82, 2.24) is 14.5 Å². The normalized spacial score (nSPS) is 13.1. The lowest BCUT2D eigenvalue weighted by Crippen LogP contribution is -2.35. The van der Waals surface area contributed by atoms with Crippen LogP contribution < -0.4 is 5.32 Å². The Hall–Kier alpha value is -3.75. The van der Waals surface area contributed by atoms with Crippen molar-refractivity contribution in [2.24, 2.45) is 0 Å². The van der Waals surface area contributed by atoms with E-state index in [1.54, 1.807) is 13.2 Å². The first kappa shape index (κ1) is 32.2. The van der Waals surface area contributed by atoms with E-state index in [1.165, 1.54) is 18.1 Å². The number of carbonyl (C=O) groups excluding carboxylic acids is 1. The molecule has 0 aliphatic carbocycles. The molecule has 1 aliphatic rings. The number of aryl methyl sites for hydroxylation is 3. The molecule has 0 radical (unpaired) electrons. The van der Waals surface area contributed by atoms with Gasteiger partial charge in [-0.15, -0.1) is 0 Å². The summed E-state index contributed by atoms with van der Waals surface area (Å²) >= 11 is 0. The lowest BCUT2D eigenvalue weighted by Gasteiger charge is -2.26. The van der Waals surface area contributed by atoms with E-state index in [2.05, 4.69) is 34.6 Å². The Kier molecular flexibility index (Phi) is 12.5. The zero-order valence-corrected chi connectivity index (χ0v) is 25.5. The molecule has 0 spiro atoms. The number of nitrogens with zero attached hydrogens (tertiary/aromatic N) is 3. The lowest BCUT2D eigenvalue weighted by atomic mass is 10.0. The third-order valence-electron chi connectivity index (χ3n) is 7.83. The summed E-state index contributed by atoms with van der Waals surface area (Å²) in [7, 11) is 1.68. The number of likely N-dealkylation sites (tertiary alicyclic amines) is 1. The Labute approximate surface area is 254 Å². The molecule has 1 fully saturated rings. The monoisotopic (exact) mass is 588 g/mol. The van der Waals surface area contributed by atoms with E-state index >= 15 is 0 Å². The number of piperidine rings is 1. The number of aliphatic hydroxyl groups is 1. The summed E-state index contributed by atoms with van der Waals surface area (Å²) in [6.45, 7) is 5.97. The zero-order chi connectivity index (χ0) is 30.4. The molecule has 0 atom stereocenters. The first-order valence-electron chi connectivity index (χ1n) is 15.4. The molecule has 1 saturated heterocycles. The second kappa shape index (κ2) is 16.8. The lowest BCUT2D eigenvalue weighted by molar-refractivity contribution is -0.132. The SMILES string of the molecule is COCCCn1cc(C)c2cccc(F)c21.O=C(CCCc1ccc(-c2ccc(NCCO)nc2)cc1)N1CCCCC1. The van der Waals surface area contributed by atoms with Crippen molar-refractivity contribution in [2.45, 2.75) is 58.4 Å². The van der Waals surface area contributed by atoms with Crippen molar-refractivity contribution in [3.8, 4) is 11.1 Å². The third-order valence-corrected chi connectivity index (χ3v) is 7.83. The van der Waals surface area contributed by atoms with Crippen LogP contribution in [0, 0.1) is 12.7 Å². The minimum Gasteiger partial charge on any atom is -0.395 e. The van der Waals surface area contributed by atoms with E-state index in [9.17, 15) is 9.18 Å². The van der Waals surface area contributed by atoms with Crippen LogP contribution in [0.3, 0.4) is 0 Å². The molecule has 5 rings (SSSR count). The first-order valence-corrected chi connectivity index (χ1v) is 15.4. The maximum absolute atomic E-state index is 13.7. The maximum Gasteiger partial charge on any atom is 0.222 e. The van der Waals surface area contributed by atoms with E-state index in [0.29, 0.717) is 31.0 Å². The topological polar surface area (TPSA) is 79.6 Å². The predicted molar refractivity (Wildman–Crippen MR) is 172 cm³/mol. The molecule has 3 heterocycles. The van der Waals surface area contributed by atoms with Gasteiger partial charge in [0.1, 0.15) is 11.6 Å². The number of fused-ring (bicyclic) bond motifs is 1. The summed E-state index contributed by atoms with van der Waals surface area (Å²) in [4.78, 5) is 18.6. The van der Waals surface area contributed by atoms with E-state index in [4.69, 9.17) is 9.84 Å².